The number of nitrogens with two attached hydrogens (primary N) is 1. The molecule has 11 heteroatoms. The van der Waals surface area contributed by atoms with Crippen molar-refractivity contribution in [1.29, 1.82) is 0 Å². The quantitative estimate of drug-likeness (QED) is 0.267. The number of carbonyl (C=O) groups is 2. The lowest BCUT2D eigenvalue weighted by atomic mass is 9.71. The maximum Gasteiger partial charge on any atom is 0.433 e. The van der Waals surface area contributed by atoms with E-state index in [2.05, 4.69) is 23.8 Å². The van der Waals surface area contributed by atoms with Gasteiger partial charge in [0.15, 0.2) is 0 Å². The van der Waals surface area contributed by atoms with Gasteiger partial charge in [0.1, 0.15) is 18.3 Å². The molecule has 2 N–H and O–H groups in total. The van der Waals surface area contributed by atoms with Gasteiger partial charge in [0.05, 0.1) is 0 Å². The molecule has 1 aromatic carbocycles. The first-order valence-corrected chi connectivity index (χ1v) is 10.9. The van der Waals surface area contributed by atoms with Crippen LogP contribution in [-0.2, 0) is 27.2 Å². The van der Waals surface area contributed by atoms with Crippen LogP contribution >= 0.6 is 0 Å². The fraction of sp³-hybridized carbons (Fsp3) is 0.478. The highest BCUT2D eigenvalue weighted by molar-refractivity contribution is 5.95. The number of amides is 2. The predicted octanol–water partition coefficient (Wildman–Crippen LogP) is 3.88. The summed E-state index contributed by atoms with van der Waals surface area (Å²) < 4.78 is 39.3. The van der Waals surface area contributed by atoms with Crippen LogP contribution in [0.3, 0.4) is 0 Å². The number of anilines is 1. The number of carbonyl (C=O) groups excluding carboxylic acids is 2. The zero-order valence-corrected chi connectivity index (χ0v) is 19.0. The first-order chi connectivity index (χ1) is 16.0. The molecule has 0 saturated heterocycles. The van der Waals surface area contributed by atoms with Gasteiger partial charge in [0.2, 0.25) is 12.4 Å². The molecule has 0 spiro atoms. The van der Waals surface area contributed by atoms with Crippen LogP contribution < -0.4 is 10.9 Å². The number of nitrogens with zero attached hydrogens (tertiary/aromatic N) is 4. The van der Waals surface area contributed by atoms with Gasteiger partial charge in [-0.25, -0.2) is 25.9 Å². The number of aromatic nitrogens is 2. The fourth-order valence-electron chi connectivity index (χ4n) is 4.02. The second-order valence-electron chi connectivity index (χ2n) is 9.12. The van der Waals surface area contributed by atoms with E-state index in [9.17, 15) is 22.8 Å². The minimum Gasteiger partial charge on any atom is -0.276 e. The van der Waals surface area contributed by atoms with Crippen LogP contribution in [-0.4, -0.2) is 33.4 Å². The Bertz CT molecular complexity index is 977. The van der Waals surface area contributed by atoms with E-state index in [1.807, 2.05) is 18.2 Å². The van der Waals surface area contributed by atoms with Crippen LogP contribution in [0.5, 0.6) is 0 Å². The number of hydrazine groups is 1. The summed E-state index contributed by atoms with van der Waals surface area (Å²) in [6, 6.07) is 8.58. The van der Waals surface area contributed by atoms with Crippen LogP contribution in [0.25, 0.3) is 0 Å². The Morgan fingerprint density at radius 1 is 1.24 bits per heavy atom. The Labute approximate surface area is 195 Å². The fourth-order valence-corrected chi connectivity index (χ4v) is 4.02. The van der Waals surface area contributed by atoms with E-state index in [4.69, 9.17) is 10.7 Å². The molecule has 0 bridgehead atoms. The lowest BCUT2D eigenvalue weighted by Gasteiger charge is -2.40. The number of alkyl halides is 3. The molecule has 1 saturated carbocycles. The highest BCUT2D eigenvalue weighted by Gasteiger charge is 2.41. The first-order valence-electron chi connectivity index (χ1n) is 10.9. The van der Waals surface area contributed by atoms with Crippen molar-refractivity contribution in [2.24, 2.45) is 17.2 Å². The average molecular weight is 480 g/mol. The van der Waals surface area contributed by atoms with Crippen molar-refractivity contribution in [3.8, 4) is 0 Å². The lowest BCUT2D eigenvalue weighted by molar-refractivity contribution is -0.202. The molecule has 0 aliphatic heterocycles. The summed E-state index contributed by atoms with van der Waals surface area (Å²) in [5.41, 5.74) is -0.381. The molecule has 0 radical (unpaired) electrons. The van der Waals surface area contributed by atoms with E-state index in [1.165, 1.54) is 0 Å². The molecule has 3 rings (SSSR count). The van der Waals surface area contributed by atoms with Gasteiger partial charge in [0.25, 0.3) is 5.91 Å². The number of benzene rings is 1. The van der Waals surface area contributed by atoms with E-state index in [1.54, 1.807) is 12.1 Å². The van der Waals surface area contributed by atoms with E-state index < -0.39 is 29.8 Å². The highest BCUT2D eigenvalue weighted by Crippen LogP contribution is 2.40. The Morgan fingerprint density at radius 2 is 1.88 bits per heavy atom. The summed E-state index contributed by atoms with van der Waals surface area (Å²) in [6.45, 7) is 4.26. The summed E-state index contributed by atoms with van der Waals surface area (Å²) in [5.74, 6) is 4.15. The molecule has 2 amide bonds. The monoisotopic (exact) mass is 479 g/mol. The van der Waals surface area contributed by atoms with E-state index in [-0.39, 0.29) is 17.9 Å². The van der Waals surface area contributed by atoms with Gasteiger partial charge in [-0.15, -0.1) is 0 Å². The predicted molar refractivity (Wildman–Crippen MR) is 117 cm³/mol. The molecule has 1 aromatic heterocycles. The Balaban J connectivity index is 1.87. The van der Waals surface area contributed by atoms with Gasteiger partial charge in [-0.2, -0.15) is 13.2 Å². The Kier molecular flexibility index (Phi) is 7.88. The van der Waals surface area contributed by atoms with Crippen LogP contribution in [0, 0.1) is 11.3 Å². The standard InChI is InChI=1S/C23H28F3N5O3/c1-22(2)11-8-17(9-12-22)19(30(15-32)34-14-16-6-4-3-5-7-16)20(33)31(27)21-28-13-10-18(29-21)23(24,25)26/h3-7,10,13,15,17,19H,8-9,11-12,14,27H2,1-2H3. The SMILES string of the molecule is CC1(C)CCC(C(C(=O)N(N)c2nccc(C(F)(F)F)n2)N(C=O)OCc2ccccc2)CC1. The maximum atomic E-state index is 13.4. The third-order valence-electron chi connectivity index (χ3n) is 6.07. The van der Waals surface area contributed by atoms with Gasteiger partial charge in [-0.1, -0.05) is 44.2 Å². The lowest BCUT2D eigenvalue weighted by Crippen LogP contribution is -2.55. The maximum absolute atomic E-state index is 13.4. The van der Waals surface area contributed by atoms with Gasteiger partial charge in [-0.05, 0) is 48.6 Å². The molecule has 34 heavy (non-hydrogen) atoms. The summed E-state index contributed by atoms with van der Waals surface area (Å²) in [6.07, 6.45) is -0.635. The molecule has 2 aromatic rings. The third-order valence-corrected chi connectivity index (χ3v) is 6.07. The van der Waals surface area contributed by atoms with Crippen molar-refractivity contribution < 1.29 is 27.6 Å². The number of hydroxylamine groups is 2. The second-order valence-corrected chi connectivity index (χ2v) is 9.12. The average Bonchev–Trinajstić information content (AvgIpc) is 2.81. The number of hydrogen-bond acceptors (Lipinski definition) is 6. The van der Waals surface area contributed by atoms with Crippen molar-refractivity contribution in [3.63, 3.8) is 0 Å². The Morgan fingerprint density at radius 3 is 2.47 bits per heavy atom. The molecular weight excluding hydrogens is 451 g/mol. The van der Waals surface area contributed by atoms with Gasteiger partial charge in [-0.3, -0.25) is 14.4 Å². The number of halogens is 3. The van der Waals surface area contributed by atoms with Crippen LogP contribution in [0.4, 0.5) is 19.1 Å². The van der Waals surface area contributed by atoms with Crippen molar-refractivity contribution in [2.75, 3.05) is 5.01 Å². The van der Waals surface area contributed by atoms with Gasteiger partial charge in [0, 0.05) is 6.20 Å². The molecule has 184 valence electrons. The third kappa shape index (κ3) is 6.29. The molecule has 1 fully saturated rings. The molecule has 1 atom stereocenters. The van der Waals surface area contributed by atoms with E-state index in [0.717, 1.165) is 29.7 Å². The second kappa shape index (κ2) is 10.5. The minimum absolute atomic E-state index is 0.0200. The number of hydrogen-bond donors (Lipinski definition) is 1. The molecule has 1 aliphatic rings. The summed E-state index contributed by atoms with van der Waals surface area (Å²) >= 11 is 0. The van der Waals surface area contributed by atoms with Gasteiger partial charge < -0.3 is 0 Å². The topological polar surface area (TPSA) is 102 Å². The normalized spacial score (nSPS) is 17.1. The zero-order chi connectivity index (χ0) is 24.9. The number of rotatable bonds is 8. The van der Waals surface area contributed by atoms with Crippen LogP contribution in [0.2, 0.25) is 0 Å². The summed E-state index contributed by atoms with van der Waals surface area (Å²) in [5, 5.41) is 1.37. The molecule has 1 aliphatic carbocycles. The highest BCUT2D eigenvalue weighted by atomic mass is 19.4. The summed E-state index contributed by atoms with van der Waals surface area (Å²) in [7, 11) is 0. The van der Waals surface area contributed by atoms with Crippen LogP contribution in [0.1, 0.15) is 50.8 Å². The summed E-state index contributed by atoms with van der Waals surface area (Å²) in [4.78, 5) is 38.2. The van der Waals surface area contributed by atoms with Crippen LogP contribution in [0.15, 0.2) is 42.6 Å². The molecule has 8 nitrogen and oxygen atoms in total. The smallest absolute Gasteiger partial charge is 0.276 e. The minimum atomic E-state index is -4.73. The van der Waals surface area contributed by atoms with Crippen molar-refractivity contribution in [2.45, 2.75) is 58.4 Å². The van der Waals surface area contributed by atoms with Crippen molar-refractivity contribution in [1.82, 2.24) is 15.0 Å². The Hall–Kier alpha value is -3.05. The first kappa shape index (κ1) is 25.6. The largest absolute Gasteiger partial charge is 0.433 e. The van der Waals surface area contributed by atoms with Gasteiger partial charge >= 0.3 is 6.18 Å². The van der Waals surface area contributed by atoms with E-state index in [0.29, 0.717) is 30.3 Å². The molecule has 1 unspecified atom stereocenters. The van der Waals surface area contributed by atoms with Crippen molar-refractivity contribution >= 4 is 18.3 Å². The van der Waals surface area contributed by atoms with E-state index >= 15 is 0 Å². The van der Waals surface area contributed by atoms with Crippen molar-refractivity contribution in [3.05, 3.63) is 53.9 Å². The molecule has 1 heterocycles. The molecular formula is C23H28F3N5O3. The zero-order valence-electron chi connectivity index (χ0n) is 19.0.